The molecule has 0 radical (unpaired) electrons. The van der Waals surface area contributed by atoms with Crippen LogP contribution in [0.2, 0.25) is 0 Å². The number of hydrogen-bond donors (Lipinski definition) is 2. The van der Waals surface area contributed by atoms with Crippen LogP contribution in [0.1, 0.15) is 81.1 Å². The summed E-state index contributed by atoms with van der Waals surface area (Å²) in [6, 6.07) is 0. The van der Waals surface area contributed by atoms with E-state index >= 15 is 0 Å². The zero-order chi connectivity index (χ0) is 25.6. The minimum Gasteiger partial charge on any atom is -0.381 e. The standard InChI is InChI=1S/C30H44O4/c1-17(2)11-9-13-21(7)29(33)23-15-19(5)26(28(29)32)25-20(6)16-24(31)30(34,27(23)25)22(8)14-10-12-18(3)4/h11-12,15-16,21-23,25-27,33-34H,9-10,13-14H2,1-8H3/t21-,22-,23?,25?,26?,27?,29?,30+/m1/s1. The highest BCUT2D eigenvalue weighted by molar-refractivity contribution is 6.02. The Balaban J connectivity index is 2.07. The first-order chi connectivity index (χ1) is 15.8. The SMILES string of the molecule is CC(C)=CCC[C@@H](C)C1(O)C(=O)C2C(C)=CC1C1C2C(C)=CC(=O)[C@@]1(O)[C@H](C)CCC=C(C)C. The fourth-order valence-electron chi connectivity index (χ4n) is 6.89. The van der Waals surface area contributed by atoms with Crippen LogP contribution in [0.25, 0.3) is 0 Å². The molecule has 0 saturated heterocycles. The Bertz CT molecular complexity index is 958. The Kier molecular flexibility index (Phi) is 7.65. The van der Waals surface area contributed by atoms with E-state index in [1.807, 2.05) is 61.5 Å². The molecule has 1 saturated carbocycles. The topological polar surface area (TPSA) is 74.6 Å². The van der Waals surface area contributed by atoms with Crippen LogP contribution in [0.5, 0.6) is 0 Å². The molecule has 34 heavy (non-hydrogen) atoms. The molecule has 0 amide bonds. The summed E-state index contributed by atoms with van der Waals surface area (Å²) in [6.45, 7) is 15.9. The van der Waals surface area contributed by atoms with E-state index in [1.165, 1.54) is 11.1 Å². The van der Waals surface area contributed by atoms with E-state index in [0.29, 0.717) is 12.8 Å². The summed E-state index contributed by atoms with van der Waals surface area (Å²) in [6.07, 6.45) is 10.8. The van der Waals surface area contributed by atoms with Crippen molar-refractivity contribution in [2.45, 2.75) is 92.3 Å². The Hall–Kier alpha value is -1.78. The number of carbonyl (C=O) groups is 2. The minimum absolute atomic E-state index is 0.134. The van der Waals surface area contributed by atoms with Crippen LogP contribution in [-0.2, 0) is 9.59 Å². The van der Waals surface area contributed by atoms with Crippen molar-refractivity contribution < 1.29 is 19.8 Å². The molecule has 8 atom stereocenters. The lowest BCUT2D eigenvalue weighted by molar-refractivity contribution is -0.198. The molecule has 2 N–H and O–H groups in total. The zero-order valence-electron chi connectivity index (χ0n) is 22.3. The van der Waals surface area contributed by atoms with Gasteiger partial charge in [-0.05, 0) is 85.1 Å². The molecule has 4 aliphatic carbocycles. The third-order valence-corrected chi connectivity index (χ3v) is 8.85. The van der Waals surface area contributed by atoms with Gasteiger partial charge in [0.05, 0.1) is 0 Å². The van der Waals surface area contributed by atoms with Gasteiger partial charge in [-0.15, -0.1) is 0 Å². The maximum atomic E-state index is 13.9. The van der Waals surface area contributed by atoms with E-state index in [2.05, 4.69) is 12.2 Å². The number of allylic oxidation sites excluding steroid dienone is 6. The first-order valence-electron chi connectivity index (χ1n) is 12.9. The van der Waals surface area contributed by atoms with Gasteiger partial charge in [-0.25, -0.2) is 0 Å². The van der Waals surface area contributed by atoms with Crippen LogP contribution in [-0.4, -0.2) is 33.0 Å². The number of carbonyl (C=O) groups excluding carboxylic acids is 2. The number of ketones is 2. The molecule has 0 aromatic heterocycles. The van der Waals surface area contributed by atoms with Gasteiger partial charge in [0, 0.05) is 23.7 Å². The molecule has 4 heteroatoms. The summed E-state index contributed by atoms with van der Waals surface area (Å²) < 4.78 is 0. The van der Waals surface area contributed by atoms with Crippen molar-refractivity contribution in [1.29, 1.82) is 0 Å². The van der Waals surface area contributed by atoms with E-state index in [0.717, 1.165) is 24.0 Å². The number of hydrogen-bond acceptors (Lipinski definition) is 4. The third kappa shape index (κ3) is 4.22. The van der Waals surface area contributed by atoms with E-state index in [1.54, 1.807) is 6.08 Å². The van der Waals surface area contributed by atoms with Crippen molar-refractivity contribution in [3.8, 4) is 0 Å². The normalized spacial score (nSPS) is 36.3. The highest BCUT2D eigenvalue weighted by atomic mass is 16.3. The van der Waals surface area contributed by atoms with E-state index in [9.17, 15) is 19.8 Å². The molecule has 0 aromatic rings. The summed E-state index contributed by atoms with van der Waals surface area (Å²) in [5, 5.41) is 24.3. The molecule has 2 bridgehead atoms. The van der Waals surface area contributed by atoms with Crippen molar-refractivity contribution in [3.63, 3.8) is 0 Å². The van der Waals surface area contributed by atoms with Gasteiger partial charge in [0.2, 0.25) is 0 Å². The van der Waals surface area contributed by atoms with Crippen LogP contribution in [0.3, 0.4) is 0 Å². The quantitative estimate of drug-likeness (QED) is 0.445. The highest BCUT2D eigenvalue weighted by Gasteiger charge is 2.69. The van der Waals surface area contributed by atoms with Crippen molar-refractivity contribution in [3.05, 3.63) is 46.6 Å². The molecule has 4 aliphatic rings. The summed E-state index contributed by atoms with van der Waals surface area (Å²) in [7, 11) is 0. The fourth-order valence-corrected chi connectivity index (χ4v) is 6.89. The molecular formula is C30H44O4. The second-order valence-electron chi connectivity index (χ2n) is 11.8. The summed E-state index contributed by atoms with van der Waals surface area (Å²) in [5.74, 6) is -2.81. The van der Waals surface area contributed by atoms with Crippen LogP contribution >= 0.6 is 0 Å². The Morgan fingerprint density at radius 1 is 0.912 bits per heavy atom. The third-order valence-electron chi connectivity index (χ3n) is 8.85. The second-order valence-corrected chi connectivity index (χ2v) is 11.8. The van der Waals surface area contributed by atoms with Gasteiger partial charge in [0.1, 0.15) is 11.2 Å². The first-order valence-corrected chi connectivity index (χ1v) is 12.9. The van der Waals surface area contributed by atoms with Gasteiger partial charge in [0.25, 0.3) is 0 Å². The second kappa shape index (κ2) is 9.70. The number of aliphatic hydroxyl groups is 2. The van der Waals surface area contributed by atoms with Gasteiger partial charge < -0.3 is 10.2 Å². The van der Waals surface area contributed by atoms with Crippen molar-refractivity contribution in [2.24, 2.45) is 35.5 Å². The molecule has 4 rings (SSSR count). The molecule has 0 aromatic carbocycles. The van der Waals surface area contributed by atoms with E-state index in [-0.39, 0.29) is 29.3 Å². The van der Waals surface area contributed by atoms with Crippen LogP contribution in [0.4, 0.5) is 0 Å². The fraction of sp³-hybridized carbons (Fsp3) is 0.667. The van der Waals surface area contributed by atoms with Gasteiger partial charge in [-0.3, -0.25) is 9.59 Å². The lowest BCUT2D eigenvalue weighted by atomic mass is 9.43. The maximum Gasteiger partial charge on any atom is 0.187 e. The average molecular weight is 469 g/mol. The summed E-state index contributed by atoms with van der Waals surface area (Å²) >= 11 is 0. The predicted octanol–water partition coefficient (Wildman–Crippen LogP) is 5.75. The highest BCUT2D eigenvalue weighted by Crippen LogP contribution is 2.61. The molecule has 5 unspecified atom stereocenters. The van der Waals surface area contributed by atoms with E-state index < -0.39 is 29.0 Å². The van der Waals surface area contributed by atoms with Gasteiger partial charge >= 0.3 is 0 Å². The van der Waals surface area contributed by atoms with Crippen LogP contribution in [0.15, 0.2) is 46.6 Å². The number of fused-ring (bicyclic) bond motifs is 1. The minimum atomic E-state index is -1.60. The lowest BCUT2D eigenvalue weighted by Crippen LogP contribution is -2.71. The van der Waals surface area contributed by atoms with Gasteiger partial charge in [-0.2, -0.15) is 0 Å². The lowest BCUT2D eigenvalue weighted by Gasteiger charge is -2.61. The van der Waals surface area contributed by atoms with Crippen molar-refractivity contribution >= 4 is 11.6 Å². The first kappa shape index (κ1) is 26.8. The Labute approximate surface area is 205 Å². The van der Waals surface area contributed by atoms with Gasteiger partial charge in [0.15, 0.2) is 11.6 Å². The molecule has 0 heterocycles. The smallest absolute Gasteiger partial charge is 0.187 e. The van der Waals surface area contributed by atoms with E-state index in [4.69, 9.17) is 0 Å². The number of Topliss-reactive ketones (excluding diaryl/α,β-unsaturated/α-hetero) is 1. The van der Waals surface area contributed by atoms with Crippen LogP contribution < -0.4 is 0 Å². The average Bonchev–Trinajstić information content (AvgIpc) is 2.74. The largest absolute Gasteiger partial charge is 0.381 e. The van der Waals surface area contributed by atoms with Gasteiger partial charge in [-0.1, -0.05) is 54.4 Å². The molecule has 0 spiro atoms. The van der Waals surface area contributed by atoms with Crippen LogP contribution in [0, 0.1) is 35.5 Å². The monoisotopic (exact) mass is 468 g/mol. The molecule has 1 fully saturated rings. The predicted molar refractivity (Wildman–Crippen MR) is 137 cm³/mol. The molecule has 0 aliphatic heterocycles. The Morgan fingerprint density at radius 2 is 1.41 bits per heavy atom. The summed E-state index contributed by atoms with van der Waals surface area (Å²) in [5.41, 5.74) is 1.05. The summed E-state index contributed by atoms with van der Waals surface area (Å²) in [4.78, 5) is 27.3. The maximum absolute atomic E-state index is 13.9. The zero-order valence-corrected chi connectivity index (χ0v) is 22.3. The molecular weight excluding hydrogens is 424 g/mol. The number of rotatable bonds is 8. The molecule has 4 nitrogen and oxygen atoms in total. The molecule has 188 valence electrons. The van der Waals surface area contributed by atoms with Crippen molar-refractivity contribution in [1.82, 2.24) is 0 Å². The van der Waals surface area contributed by atoms with Crippen molar-refractivity contribution in [2.75, 3.05) is 0 Å². The Morgan fingerprint density at radius 3 is 1.91 bits per heavy atom.